The molecule has 0 bridgehead atoms. The van der Waals surface area contributed by atoms with Gasteiger partial charge in [0.15, 0.2) is 0 Å². The van der Waals surface area contributed by atoms with Crippen LogP contribution in [-0.2, 0) is 0 Å². The predicted molar refractivity (Wildman–Crippen MR) is 131 cm³/mol. The Kier molecular flexibility index (Phi) is 8.05. The van der Waals surface area contributed by atoms with Crippen LogP contribution in [0.2, 0.25) is 0 Å². The summed E-state index contributed by atoms with van der Waals surface area (Å²) in [5.74, 6) is 8.02. The predicted octanol–water partition coefficient (Wildman–Crippen LogP) is -5.13. The maximum atomic E-state index is 8.49. The Hall–Kier alpha value is -0.940. The van der Waals surface area contributed by atoms with Gasteiger partial charge in [-0.1, -0.05) is 13.5 Å². The second-order valence-electron chi connectivity index (χ2n) is 10.5. The van der Waals surface area contributed by atoms with E-state index in [9.17, 15) is 0 Å². The maximum absolute atomic E-state index is 8.49. The van der Waals surface area contributed by atoms with Crippen LogP contribution in [0.25, 0.3) is 5.84 Å². The van der Waals surface area contributed by atoms with Gasteiger partial charge in [-0.25, -0.2) is 0 Å². The summed E-state index contributed by atoms with van der Waals surface area (Å²) in [6.07, 6.45) is 1.41. The first kappa shape index (κ1) is 26.7. The Morgan fingerprint density at radius 3 is 1.73 bits per heavy atom. The van der Waals surface area contributed by atoms with Gasteiger partial charge in [0.05, 0.1) is 6.17 Å². The fraction of sp³-hybridized carbons (Fsp3) is 0.900. The number of hydrogen-bond donors (Lipinski definition) is 11. The molecule has 0 aromatic carbocycles. The summed E-state index contributed by atoms with van der Waals surface area (Å²) >= 11 is 0. The number of nitrogens with zero attached hydrogens (tertiary/aromatic N) is 1. The van der Waals surface area contributed by atoms with E-state index < -0.39 is 54.5 Å². The van der Waals surface area contributed by atoms with E-state index in [-0.39, 0.29) is 41.8 Å². The summed E-state index contributed by atoms with van der Waals surface area (Å²) in [7, 11) is 0. The molecule has 0 aliphatic heterocycles. The Morgan fingerprint density at radius 2 is 1.18 bits per heavy atom. The lowest BCUT2D eigenvalue weighted by Gasteiger charge is -2.50. The van der Waals surface area contributed by atoms with Crippen LogP contribution in [0.5, 0.6) is 0 Å². The largest absolute Gasteiger partial charge is 0.583 e. The van der Waals surface area contributed by atoms with Crippen LogP contribution in [0.15, 0.2) is 12.8 Å². The van der Waals surface area contributed by atoms with Crippen molar-refractivity contribution in [1.82, 2.24) is 10.3 Å². The Morgan fingerprint density at radius 1 is 0.727 bits per heavy atom. The first-order chi connectivity index (χ1) is 15.3. The number of hydrogen-bond acceptors (Lipinski definition) is 12. The number of fused-ring (bicyclic) bond motifs is 1. The molecule has 3 rings (SSSR count). The first-order valence-electron chi connectivity index (χ1n) is 11.8. The maximum Gasteiger partial charge on any atom is 0.0631 e. The SMILES string of the molecule is C=CN([NH-])C(CC1C(C)C(N)C(N)C(N)C1N)NC1C(N)C(N)C2C(N)C(N)C(N)C(N)C12. The Balaban J connectivity index is 1.86. The average molecular weight is 469 g/mol. The zero-order valence-electron chi connectivity index (χ0n) is 19.4. The molecule has 0 amide bonds. The molecule has 3 fully saturated rings. The molecule has 16 atom stereocenters. The topological polar surface area (TPSA) is 299 Å². The molecule has 0 aromatic heterocycles. The lowest BCUT2D eigenvalue weighted by molar-refractivity contribution is 0.0899. The summed E-state index contributed by atoms with van der Waals surface area (Å²) < 4.78 is 0. The van der Waals surface area contributed by atoms with Crippen LogP contribution >= 0.6 is 0 Å². The molecule has 3 aliphatic carbocycles. The van der Waals surface area contributed by atoms with Gasteiger partial charge in [0.25, 0.3) is 0 Å². The van der Waals surface area contributed by atoms with Crippen molar-refractivity contribution < 1.29 is 0 Å². The van der Waals surface area contributed by atoms with Crippen molar-refractivity contribution in [3.8, 4) is 0 Å². The molecule has 192 valence electrons. The Labute approximate surface area is 196 Å². The van der Waals surface area contributed by atoms with Crippen molar-refractivity contribution >= 4 is 0 Å². The molecule has 3 aliphatic rings. The molecule has 0 radical (unpaired) electrons. The molecule has 3 saturated carbocycles. The molecule has 33 heavy (non-hydrogen) atoms. The molecular formula is C20H46N13-. The highest BCUT2D eigenvalue weighted by Gasteiger charge is 2.58. The smallest absolute Gasteiger partial charge is 0.0631 e. The molecule has 0 spiro atoms. The zero-order chi connectivity index (χ0) is 24.9. The summed E-state index contributed by atoms with van der Waals surface area (Å²) in [6.45, 7) is 5.77. The molecule has 16 unspecified atom stereocenters. The highest BCUT2D eigenvalue weighted by atomic mass is 15.5. The second-order valence-corrected chi connectivity index (χ2v) is 10.5. The zero-order valence-corrected chi connectivity index (χ0v) is 19.4. The summed E-state index contributed by atoms with van der Waals surface area (Å²) in [5.41, 5.74) is 63.9. The van der Waals surface area contributed by atoms with E-state index in [1.807, 2.05) is 6.92 Å². The van der Waals surface area contributed by atoms with Gasteiger partial charge < -0.3 is 68.2 Å². The second kappa shape index (κ2) is 9.97. The van der Waals surface area contributed by atoms with Crippen molar-refractivity contribution in [2.45, 2.75) is 86.0 Å². The third kappa shape index (κ3) is 4.42. The van der Waals surface area contributed by atoms with Crippen LogP contribution in [-0.4, -0.2) is 77.6 Å². The first-order valence-corrected chi connectivity index (χ1v) is 11.8. The van der Waals surface area contributed by atoms with E-state index in [0.29, 0.717) is 6.42 Å². The highest BCUT2D eigenvalue weighted by Crippen LogP contribution is 2.41. The fourth-order valence-electron chi connectivity index (χ4n) is 6.53. The van der Waals surface area contributed by atoms with Gasteiger partial charge in [-0.3, -0.25) is 5.32 Å². The van der Waals surface area contributed by atoms with Gasteiger partial charge in [-0.15, -0.1) is 0 Å². The van der Waals surface area contributed by atoms with Crippen LogP contribution < -0.4 is 62.7 Å². The fourth-order valence-corrected chi connectivity index (χ4v) is 6.53. The number of rotatable bonds is 6. The van der Waals surface area contributed by atoms with E-state index in [0.717, 1.165) is 0 Å². The average Bonchev–Trinajstić information content (AvgIpc) is 3.05. The van der Waals surface area contributed by atoms with Crippen LogP contribution in [0.3, 0.4) is 0 Å². The van der Waals surface area contributed by atoms with Crippen molar-refractivity contribution in [2.24, 2.45) is 81.0 Å². The van der Waals surface area contributed by atoms with Crippen LogP contribution in [0.4, 0.5) is 0 Å². The summed E-state index contributed by atoms with van der Waals surface area (Å²) in [6, 6.07) is -4.53. The van der Waals surface area contributed by atoms with Gasteiger partial charge in [0.2, 0.25) is 0 Å². The number of nitrogens with two attached hydrogens (primary N) is 10. The van der Waals surface area contributed by atoms with Crippen molar-refractivity contribution in [1.29, 1.82) is 0 Å². The van der Waals surface area contributed by atoms with Gasteiger partial charge >= 0.3 is 0 Å². The normalized spacial score (nSPS) is 53.4. The van der Waals surface area contributed by atoms with Gasteiger partial charge in [-0.2, -0.15) is 0 Å². The molecule has 13 heteroatoms. The lowest BCUT2D eigenvalue weighted by Crippen LogP contribution is -2.72. The Bertz CT molecular complexity index is 664. The van der Waals surface area contributed by atoms with E-state index in [1.165, 1.54) is 11.2 Å². The van der Waals surface area contributed by atoms with Crippen LogP contribution in [0, 0.1) is 23.7 Å². The van der Waals surface area contributed by atoms with Crippen molar-refractivity contribution in [3.05, 3.63) is 18.6 Å². The van der Waals surface area contributed by atoms with Gasteiger partial charge in [-0.05, 0) is 36.3 Å². The quantitative estimate of drug-likeness (QED) is 0.129. The van der Waals surface area contributed by atoms with Crippen LogP contribution in [0.1, 0.15) is 13.3 Å². The summed E-state index contributed by atoms with van der Waals surface area (Å²) in [5, 5.41) is 4.77. The van der Waals surface area contributed by atoms with E-state index in [2.05, 4.69) is 11.9 Å². The van der Waals surface area contributed by atoms with Gasteiger partial charge in [0, 0.05) is 66.5 Å². The molecule has 22 N–H and O–H groups in total. The van der Waals surface area contributed by atoms with E-state index in [1.54, 1.807) is 0 Å². The third-order valence-electron chi connectivity index (χ3n) is 8.91. The van der Waals surface area contributed by atoms with E-state index in [4.69, 9.17) is 63.2 Å². The standard InChI is InChI=1S/C20H46N13/c1-3-33(31)7(4-6-5(2)10(21)15(26)16(27)11(6)22)32-20-9-8(13(24)19(20)30)12(23)17(28)18(29)14(9)25/h3,5-20,31-32H,1,4,21-30H2,2H3/q-1. The number of nitrogens with one attached hydrogen (secondary N) is 2. The minimum atomic E-state index is -0.494. The molecule has 0 heterocycles. The van der Waals surface area contributed by atoms with Crippen molar-refractivity contribution in [3.63, 3.8) is 0 Å². The molecule has 0 saturated heterocycles. The highest BCUT2D eigenvalue weighted by molar-refractivity contribution is 5.19. The molecule has 13 nitrogen and oxygen atoms in total. The third-order valence-corrected chi connectivity index (χ3v) is 8.91. The minimum absolute atomic E-state index is 0.00125. The van der Waals surface area contributed by atoms with Gasteiger partial charge in [0.1, 0.15) is 0 Å². The molecular weight excluding hydrogens is 422 g/mol. The minimum Gasteiger partial charge on any atom is -0.583 e. The monoisotopic (exact) mass is 468 g/mol. The lowest BCUT2D eigenvalue weighted by atomic mass is 9.67. The summed E-state index contributed by atoms with van der Waals surface area (Å²) in [4.78, 5) is 0. The van der Waals surface area contributed by atoms with Crippen molar-refractivity contribution in [2.75, 3.05) is 0 Å². The molecule has 0 aromatic rings. The van der Waals surface area contributed by atoms with E-state index >= 15 is 0 Å².